The lowest BCUT2D eigenvalue weighted by Crippen LogP contribution is -2.71. The lowest BCUT2D eigenvalue weighted by atomic mass is 9.87. The normalized spacial score (nSPS) is 25.0. The fraction of sp³-hybridized carbons (Fsp3) is 0.875. The third kappa shape index (κ3) is 3.07. The fourth-order valence-corrected chi connectivity index (χ4v) is 3.47. The van der Waals surface area contributed by atoms with Crippen LogP contribution in [0.4, 0.5) is 0 Å². The molecule has 1 heterocycles. The Balaban J connectivity index is 2.15. The quantitative estimate of drug-likeness (QED) is 0.759. The van der Waals surface area contributed by atoms with Gasteiger partial charge in [0.05, 0.1) is 6.61 Å². The molecule has 0 radical (unpaired) electrons. The van der Waals surface area contributed by atoms with Crippen LogP contribution in [0.1, 0.15) is 52.9 Å². The zero-order chi connectivity index (χ0) is 15.5. The Morgan fingerprint density at radius 1 is 1.29 bits per heavy atom. The monoisotopic (exact) mass is 296 g/mol. The van der Waals surface area contributed by atoms with E-state index in [1.165, 1.54) is 0 Å². The molecule has 1 atom stereocenters. The van der Waals surface area contributed by atoms with Crippen LogP contribution in [0.2, 0.25) is 0 Å². The zero-order valence-electron chi connectivity index (χ0n) is 13.5. The average Bonchev–Trinajstić information content (AvgIpc) is 2.92. The Kier molecular flexibility index (Phi) is 5.25. The van der Waals surface area contributed by atoms with Gasteiger partial charge in [-0.15, -0.1) is 0 Å². The van der Waals surface area contributed by atoms with Crippen molar-refractivity contribution in [3.05, 3.63) is 0 Å². The molecule has 120 valence electrons. The van der Waals surface area contributed by atoms with E-state index in [9.17, 15) is 9.59 Å². The van der Waals surface area contributed by atoms with Crippen molar-refractivity contribution >= 4 is 11.8 Å². The Morgan fingerprint density at radius 2 is 1.95 bits per heavy atom. The maximum atomic E-state index is 12.8. The number of amides is 2. The van der Waals surface area contributed by atoms with Gasteiger partial charge in [0.2, 0.25) is 11.8 Å². The second-order valence-electron chi connectivity index (χ2n) is 6.54. The van der Waals surface area contributed by atoms with Crippen molar-refractivity contribution in [2.75, 3.05) is 19.8 Å². The van der Waals surface area contributed by atoms with Crippen LogP contribution in [0.15, 0.2) is 0 Å². The highest BCUT2D eigenvalue weighted by atomic mass is 16.5. The summed E-state index contributed by atoms with van der Waals surface area (Å²) in [5.74, 6) is 0.208. The van der Waals surface area contributed by atoms with Crippen LogP contribution in [0.3, 0.4) is 0 Å². The lowest BCUT2D eigenvalue weighted by Gasteiger charge is -2.47. The first-order chi connectivity index (χ1) is 10.0. The molecule has 0 aromatic carbocycles. The third-order valence-electron chi connectivity index (χ3n) is 4.66. The van der Waals surface area contributed by atoms with Crippen LogP contribution in [0.25, 0.3) is 0 Å². The molecule has 1 aliphatic heterocycles. The minimum absolute atomic E-state index is 0.0359. The van der Waals surface area contributed by atoms with E-state index < -0.39 is 11.6 Å². The van der Waals surface area contributed by atoms with Gasteiger partial charge in [0.1, 0.15) is 11.6 Å². The molecule has 2 amide bonds. The molecule has 0 aromatic rings. The molecule has 1 saturated heterocycles. The molecule has 2 fully saturated rings. The summed E-state index contributed by atoms with van der Waals surface area (Å²) < 4.78 is 5.54. The number of nitrogens with zero attached hydrogens (tertiary/aromatic N) is 1. The number of nitrogens with one attached hydrogen (secondary N) is 1. The molecule has 5 heteroatoms. The Hall–Kier alpha value is -1.10. The highest BCUT2D eigenvalue weighted by Gasteiger charge is 2.53. The number of piperazine rings is 1. The molecule has 1 N–H and O–H groups in total. The average molecular weight is 296 g/mol. The fourth-order valence-electron chi connectivity index (χ4n) is 3.47. The van der Waals surface area contributed by atoms with E-state index in [0.29, 0.717) is 19.8 Å². The topological polar surface area (TPSA) is 58.6 Å². The highest BCUT2D eigenvalue weighted by molar-refractivity contribution is 6.00. The molecule has 1 spiro atoms. The van der Waals surface area contributed by atoms with E-state index in [0.717, 1.165) is 32.1 Å². The van der Waals surface area contributed by atoms with Crippen molar-refractivity contribution in [3.63, 3.8) is 0 Å². The van der Waals surface area contributed by atoms with Crippen LogP contribution < -0.4 is 5.32 Å². The number of rotatable bonds is 6. The van der Waals surface area contributed by atoms with Crippen molar-refractivity contribution in [3.8, 4) is 0 Å². The van der Waals surface area contributed by atoms with E-state index in [1.807, 2.05) is 18.7 Å². The summed E-state index contributed by atoms with van der Waals surface area (Å²) in [4.78, 5) is 27.2. The molecule has 0 aromatic heterocycles. The second kappa shape index (κ2) is 6.77. The number of carbonyl (C=O) groups excluding carboxylic acids is 2. The van der Waals surface area contributed by atoms with Gasteiger partial charge in [-0.25, -0.2) is 0 Å². The van der Waals surface area contributed by atoms with Crippen LogP contribution >= 0.6 is 0 Å². The van der Waals surface area contributed by atoms with Gasteiger partial charge in [-0.3, -0.25) is 9.59 Å². The third-order valence-corrected chi connectivity index (χ3v) is 4.66. The molecule has 1 aliphatic carbocycles. The number of hydrogen-bond acceptors (Lipinski definition) is 3. The molecular formula is C16H28N2O3. The molecule has 1 unspecified atom stereocenters. The zero-order valence-corrected chi connectivity index (χ0v) is 13.5. The van der Waals surface area contributed by atoms with Gasteiger partial charge in [-0.05, 0) is 25.2 Å². The minimum Gasteiger partial charge on any atom is -0.380 e. The number of ether oxygens (including phenoxy) is 1. The largest absolute Gasteiger partial charge is 0.380 e. The van der Waals surface area contributed by atoms with E-state index in [2.05, 4.69) is 12.2 Å². The predicted molar refractivity (Wildman–Crippen MR) is 80.8 cm³/mol. The first-order valence-corrected chi connectivity index (χ1v) is 8.23. The summed E-state index contributed by atoms with van der Waals surface area (Å²) in [6.07, 6.45) is 4.55. The summed E-state index contributed by atoms with van der Waals surface area (Å²) in [6, 6.07) is -0.394. The summed E-state index contributed by atoms with van der Waals surface area (Å²) in [5, 5.41) is 2.96. The molecule has 2 rings (SSSR count). The second-order valence-corrected chi connectivity index (χ2v) is 6.54. The molecule has 2 aliphatic rings. The van der Waals surface area contributed by atoms with Crippen molar-refractivity contribution in [1.29, 1.82) is 0 Å². The summed E-state index contributed by atoms with van der Waals surface area (Å²) in [5.41, 5.74) is -0.613. The maximum absolute atomic E-state index is 12.8. The van der Waals surface area contributed by atoms with Crippen LogP contribution in [0, 0.1) is 5.92 Å². The van der Waals surface area contributed by atoms with Gasteiger partial charge < -0.3 is 15.0 Å². The SMILES string of the molecule is CCCOCCN1C(=O)C(C(C)C)NC(=O)C12CCCC2. The molecule has 1 saturated carbocycles. The molecule has 5 nitrogen and oxygen atoms in total. The number of hydrogen-bond donors (Lipinski definition) is 1. The highest BCUT2D eigenvalue weighted by Crippen LogP contribution is 2.38. The van der Waals surface area contributed by atoms with E-state index in [-0.39, 0.29) is 17.7 Å². The Labute approximate surface area is 127 Å². The first kappa shape index (κ1) is 16.3. The van der Waals surface area contributed by atoms with Crippen molar-refractivity contribution in [2.24, 2.45) is 5.92 Å². The van der Waals surface area contributed by atoms with Gasteiger partial charge in [-0.2, -0.15) is 0 Å². The molecular weight excluding hydrogens is 268 g/mol. The molecule has 21 heavy (non-hydrogen) atoms. The summed E-state index contributed by atoms with van der Waals surface area (Å²) >= 11 is 0. The maximum Gasteiger partial charge on any atom is 0.246 e. The van der Waals surface area contributed by atoms with E-state index in [1.54, 1.807) is 0 Å². The van der Waals surface area contributed by atoms with Crippen molar-refractivity contribution in [1.82, 2.24) is 10.2 Å². The summed E-state index contributed by atoms with van der Waals surface area (Å²) in [7, 11) is 0. The Morgan fingerprint density at radius 3 is 2.52 bits per heavy atom. The van der Waals surface area contributed by atoms with Gasteiger partial charge in [0, 0.05) is 13.2 Å². The van der Waals surface area contributed by atoms with Gasteiger partial charge in [-0.1, -0.05) is 33.6 Å². The smallest absolute Gasteiger partial charge is 0.246 e. The predicted octanol–water partition coefficient (Wildman–Crippen LogP) is 1.71. The van der Waals surface area contributed by atoms with E-state index in [4.69, 9.17) is 4.74 Å². The summed E-state index contributed by atoms with van der Waals surface area (Å²) in [6.45, 7) is 7.75. The van der Waals surface area contributed by atoms with Crippen LogP contribution in [0.5, 0.6) is 0 Å². The molecule has 0 bridgehead atoms. The number of carbonyl (C=O) groups is 2. The van der Waals surface area contributed by atoms with Gasteiger partial charge >= 0.3 is 0 Å². The van der Waals surface area contributed by atoms with Gasteiger partial charge in [0.15, 0.2) is 0 Å². The van der Waals surface area contributed by atoms with Crippen LogP contribution in [-0.4, -0.2) is 48.1 Å². The van der Waals surface area contributed by atoms with Crippen molar-refractivity contribution < 1.29 is 14.3 Å². The Bertz CT molecular complexity index is 389. The first-order valence-electron chi connectivity index (χ1n) is 8.23. The van der Waals surface area contributed by atoms with E-state index >= 15 is 0 Å². The van der Waals surface area contributed by atoms with Crippen molar-refractivity contribution in [2.45, 2.75) is 64.5 Å². The minimum atomic E-state index is -0.613. The standard InChI is InChI=1S/C16H28N2O3/c1-4-10-21-11-9-18-14(19)13(12(2)3)17-15(20)16(18)7-5-6-8-16/h12-13H,4-11H2,1-3H3,(H,17,20). The lowest BCUT2D eigenvalue weighted by molar-refractivity contribution is -0.159. The van der Waals surface area contributed by atoms with Gasteiger partial charge in [0.25, 0.3) is 0 Å². The van der Waals surface area contributed by atoms with Crippen LogP contribution in [-0.2, 0) is 14.3 Å².